The third-order valence-corrected chi connectivity index (χ3v) is 5.53. The molecule has 1 N–H and O–H groups in total. The van der Waals surface area contributed by atoms with Gasteiger partial charge in [0, 0.05) is 5.92 Å². The number of ether oxygens (including phenoxy) is 3. The molecule has 3 heterocycles. The van der Waals surface area contributed by atoms with Gasteiger partial charge < -0.3 is 19.5 Å². The molecule has 0 spiro atoms. The molecule has 2 aliphatic rings. The molecule has 0 aliphatic carbocycles. The number of alkyl halides is 2. The molecular formula is C22H27F4N3O4. The quantitative estimate of drug-likeness (QED) is 0.633. The lowest BCUT2D eigenvalue weighted by molar-refractivity contribution is -0.126. The lowest BCUT2D eigenvalue weighted by Crippen LogP contribution is -2.32. The lowest BCUT2D eigenvalue weighted by Gasteiger charge is -2.25. The van der Waals surface area contributed by atoms with Crippen LogP contribution in [0.1, 0.15) is 32.5 Å². The van der Waals surface area contributed by atoms with Gasteiger partial charge in [-0.3, -0.25) is 4.79 Å². The highest BCUT2D eigenvalue weighted by atomic mass is 19.3. The topological polar surface area (TPSA) is 74.6 Å². The highest BCUT2D eigenvalue weighted by Crippen LogP contribution is 2.27. The normalized spacial score (nSPS) is 22.5. The van der Waals surface area contributed by atoms with E-state index in [-0.39, 0.29) is 17.8 Å². The molecule has 1 aromatic heterocycles. The summed E-state index contributed by atoms with van der Waals surface area (Å²) in [6, 6.07) is 3.90. The van der Waals surface area contributed by atoms with Gasteiger partial charge in [-0.2, -0.15) is 18.3 Å². The van der Waals surface area contributed by atoms with Gasteiger partial charge in [-0.15, -0.1) is 0 Å². The summed E-state index contributed by atoms with van der Waals surface area (Å²) in [7, 11) is 0. The second kappa shape index (κ2) is 11.0. The van der Waals surface area contributed by atoms with Crippen LogP contribution in [0.25, 0.3) is 0 Å². The minimum absolute atomic E-state index is 0.0284. The fourth-order valence-electron chi connectivity index (χ4n) is 3.25. The maximum absolute atomic E-state index is 13.0. The average molecular weight is 473 g/mol. The Kier molecular flexibility index (Phi) is 8.30. The van der Waals surface area contributed by atoms with Gasteiger partial charge in [0.05, 0.1) is 43.5 Å². The molecule has 2 aromatic rings. The number of hydrogen-bond acceptors (Lipinski definition) is 5. The fraction of sp³-hybridized carbons (Fsp3) is 0.545. The predicted molar refractivity (Wildman–Crippen MR) is 111 cm³/mol. The van der Waals surface area contributed by atoms with Gasteiger partial charge in [0.1, 0.15) is 6.10 Å². The van der Waals surface area contributed by atoms with Crippen LogP contribution in [0.2, 0.25) is 0 Å². The number of aryl methyl sites for hydroxylation is 1. The zero-order valence-electron chi connectivity index (χ0n) is 18.6. The molecule has 0 radical (unpaired) electrons. The van der Waals surface area contributed by atoms with Crippen molar-refractivity contribution in [3.05, 3.63) is 41.7 Å². The van der Waals surface area contributed by atoms with Crippen molar-refractivity contribution < 1.29 is 36.6 Å². The third-order valence-electron chi connectivity index (χ3n) is 5.53. The molecule has 0 saturated carbocycles. The Bertz CT molecular complexity index is 942. The maximum Gasteiger partial charge on any atom is 0.333 e. The van der Waals surface area contributed by atoms with E-state index >= 15 is 0 Å². The van der Waals surface area contributed by atoms with E-state index in [1.807, 2.05) is 13.8 Å². The van der Waals surface area contributed by atoms with Crippen LogP contribution >= 0.6 is 0 Å². The highest BCUT2D eigenvalue weighted by Gasteiger charge is 2.34. The standard InChI is InChI=1S/C12H17F2N3O2.C10H10F2O2/c1-6-4-10(19-8(6)3)11(18)15-9-5-17(12(13)14)16-7(9)2;11-8-2-1-3-9(10(8)12)14-6-7-4-13-5-7/h5-6,8,10,12H,4H2,1-3H3,(H,15,18);1-3,7H,4-6H2. The smallest absolute Gasteiger partial charge is 0.333 e. The lowest BCUT2D eigenvalue weighted by atomic mass is 10.0. The molecule has 11 heteroatoms. The van der Waals surface area contributed by atoms with Crippen molar-refractivity contribution in [3.8, 4) is 5.75 Å². The van der Waals surface area contributed by atoms with Crippen molar-refractivity contribution in [1.82, 2.24) is 9.78 Å². The van der Waals surface area contributed by atoms with E-state index in [1.165, 1.54) is 12.1 Å². The van der Waals surface area contributed by atoms with E-state index < -0.39 is 24.3 Å². The summed E-state index contributed by atoms with van der Waals surface area (Å²) in [4.78, 5) is 12.0. The Morgan fingerprint density at radius 3 is 2.58 bits per heavy atom. The Hall–Kier alpha value is -2.66. The Morgan fingerprint density at radius 1 is 1.30 bits per heavy atom. The molecule has 3 unspecified atom stereocenters. The van der Waals surface area contributed by atoms with Crippen LogP contribution in [0.5, 0.6) is 5.75 Å². The van der Waals surface area contributed by atoms with Gasteiger partial charge in [-0.1, -0.05) is 13.0 Å². The van der Waals surface area contributed by atoms with Crippen molar-refractivity contribution in [3.63, 3.8) is 0 Å². The number of nitrogens with one attached hydrogen (secondary N) is 1. The average Bonchev–Trinajstić information content (AvgIpc) is 3.27. The minimum atomic E-state index is -2.72. The first-order valence-electron chi connectivity index (χ1n) is 10.6. The fourth-order valence-corrected chi connectivity index (χ4v) is 3.25. The maximum atomic E-state index is 13.0. The van der Waals surface area contributed by atoms with E-state index in [1.54, 1.807) is 6.92 Å². The minimum Gasteiger partial charge on any atom is -0.490 e. The Labute approximate surface area is 189 Å². The number of aromatic nitrogens is 2. The van der Waals surface area contributed by atoms with Gasteiger partial charge >= 0.3 is 6.55 Å². The molecule has 0 bridgehead atoms. The van der Waals surface area contributed by atoms with Crippen LogP contribution in [0.4, 0.5) is 23.2 Å². The summed E-state index contributed by atoms with van der Waals surface area (Å²) in [6.45, 7) is 4.42. The van der Waals surface area contributed by atoms with Gasteiger partial charge in [0.15, 0.2) is 11.6 Å². The van der Waals surface area contributed by atoms with Gasteiger partial charge in [0.25, 0.3) is 5.91 Å². The SMILES string of the molecule is Cc1nn(C(F)F)cc1NC(=O)C1CC(C)C(C)O1.Fc1cccc(OCC2COC2)c1F. The number of hydrogen-bond donors (Lipinski definition) is 1. The summed E-state index contributed by atoms with van der Waals surface area (Å²) in [6.07, 6.45) is 1.26. The van der Waals surface area contributed by atoms with E-state index in [4.69, 9.17) is 14.2 Å². The molecule has 182 valence electrons. The third kappa shape index (κ3) is 6.44. The van der Waals surface area contributed by atoms with Crippen molar-refractivity contribution in [2.45, 2.75) is 45.9 Å². The second-order valence-electron chi connectivity index (χ2n) is 8.18. The van der Waals surface area contributed by atoms with Crippen molar-refractivity contribution >= 4 is 11.6 Å². The summed E-state index contributed by atoms with van der Waals surface area (Å²) >= 11 is 0. The molecule has 1 amide bonds. The second-order valence-corrected chi connectivity index (χ2v) is 8.18. The monoisotopic (exact) mass is 473 g/mol. The summed E-state index contributed by atoms with van der Waals surface area (Å²) in [5.74, 6) is -1.54. The zero-order valence-corrected chi connectivity index (χ0v) is 18.6. The number of halogens is 4. The number of anilines is 1. The van der Waals surface area contributed by atoms with Crippen molar-refractivity contribution in [2.24, 2.45) is 11.8 Å². The molecule has 2 saturated heterocycles. The van der Waals surface area contributed by atoms with E-state index in [0.717, 1.165) is 12.3 Å². The van der Waals surface area contributed by atoms with Crippen LogP contribution in [-0.2, 0) is 14.3 Å². The van der Waals surface area contributed by atoms with Crippen molar-refractivity contribution in [1.29, 1.82) is 0 Å². The first-order valence-corrected chi connectivity index (χ1v) is 10.6. The van der Waals surface area contributed by atoms with Crippen LogP contribution in [0, 0.1) is 30.4 Å². The van der Waals surface area contributed by atoms with Crippen LogP contribution < -0.4 is 10.1 Å². The molecule has 33 heavy (non-hydrogen) atoms. The zero-order chi connectivity index (χ0) is 24.1. The molecule has 3 atom stereocenters. The van der Waals surface area contributed by atoms with Crippen LogP contribution in [0.3, 0.4) is 0 Å². The van der Waals surface area contributed by atoms with E-state index in [0.29, 0.717) is 54.1 Å². The van der Waals surface area contributed by atoms with Crippen molar-refractivity contribution in [2.75, 3.05) is 25.1 Å². The number of amides is 1. The first-order chi connectivity index (χ1) is 15.7. The number of carbonyl (C=O) groups excluding carboxylic acids is 1. The van der Waals surface area contributed by atoms with Gasteiger partial charge in [0.2, 0.25) is 5.82 Å². The number of carbonyl (C=O) groups is 1. The van der Waals surface area contributed by atoms with Gasteiger partial charge in [-0.05, 0) is 38.3 Å². The van der Waals surface area contributed by atoms with E-state index in [9.17, 15) is 22.4 Å². The molecule has 7 nitrogen and oxygen atoms in total. The number of nitrogens with zero attached hydrogens (tertiary/aromatic N) is 2. The van der Waals surface area contributed by atoms with Crippen LogP contribution in [0.15, 0.2) is 24.4 Å². The number of benzene rings is 1. The molecule has 1 aromatic carbocycles. The Balaban J connectivity index is 0.000000194. The molecular weight excluding hydrogens is 446 g/mol. The highest BCUT2D eigenvalue weighted by molar-refractivity contribution is 5.94. The summed E-state index contributed by atoms with van der Waals surface area (Å²) < 4.78 is 66.8. The Morgan fingerprint density at radius 2 is 2.03 bits per heavy atom. The number of rotatable bonds is 6. The van der Waals surface area contributed by atoms with E-state index in [2.05, 4.69) is 10.4 Å². The summed E-state index contributed by atoms with van der Waals surface area (Å²) in [5.41, 5.74) is 0.647. The van der Waals surface area contributed by atoms with Gasteiger partial charge in [-0.25, -0.2) is 9.07 Å². The molecule has 4 rings (SSSR count). The largest absolute Gasteiger partial charge is 0.490 e. The first kappa shape index (κ1) is 25.0. The summed E-state index contributed by atoms with van der Waals surface area (Å²) in [5, 5.41) is 6.22. The predicted octanol–water partition coefficient (Wildman–Crippen LogP) is 4.33. The molecule has 2 fully saturated rings. The van der Waals surface area contributed by atoms with Crippen LogP contribution in [-0.4, -0.2) is 47.7 Å². The molecule has 2 aliphatic heterocycles.